The molecular weight excluding hydrogens is 314 g/mol. The lowest BCUT2D eigenvalue weighted by Crippen LogP contribution is -2.54. The summed E-state index contributed by atoms with van der Waals surface area (Å²) >= 11 is 0. The van der Waals surface area contributed by atoms with E-state index < -0.39 is 0 Å². The Balaban J connectivity index is 2.02. The summed E-state index contributed by atoms with van der Waals surface area (Å²) in [5, 5.41) is 2.92. The molecule has 0 saturated carbocycles. The average Bonchev–Trinajstić information content (AvgIpc) is 2.54. The Morgan fingerprint density at radius 2 is 1.76 bits per heavy atom. The number of likely N-dealkylation sites (tertiary alicyclic amines) is 1. The SMILES string of the molecule is CC(C)(C)CNC(=O)c1ccc(C(=O)N2CCC(N)C(C)(C)C2)cc1. The van der Waals surface area contributed by atoms with Crippen LogP contribution in [-0.2, 0) is 0 Å². The maximum atomic E-state index is 12.7. The molecule has 5 nitrogen and oxygen atoms in total. The summed E-state index contributed by atoms with van der Waals surface area (Å²) < 4.78 is 0. The number of nitrogens with one attached hydrogen (secondary N) is 1. The standard InChI is InChI=1S/C20H31N3O2/c1-19(2,3)12-22-17(24)14-6-8-15(9-7-14)18(25)23-11-10-16(21)20(4,5)13-23/h6-9,16H,10-13,21H2,1-5H3,(H,22,24). The highest BCUT2D eigenvalue weighted by Crippen LogP contribution is 2.28. The van der Waals surface area contributed by atoms with E-state index in [0.29, 0.717) is 30.8 Å². The molecule has 3 N–H and O–H groups in total. The molecule has 138 valence electrons. The van der Waals surface area contributed by atoms with Crippen molar-refractivity contribution < 1.29 is 9.59 Å². The fraction of sp³-hybridized carbons (Fsp3) is 0.600. The zero-order valence-electron chi connectivity index (χ0n) is 16.1. The molecule has 2 rings (SSSR count). The Labute approximate surface area is 151 Å². The second-order valence-electron chi connectivity index (χ2n) is 8.93. The summed E-state index contributed by atoms with van der Waals surface area (Å²) in [7, 11) is 0. The Bertz CT molecular complexity index is 629. The number of nitrogens with zero attached hydrogens (tertiary/aromatic N) is 1. The fourth-order valence-electron chi connectivity index (χ4n) is 2.94. The van der Waals surface area contributed by atoms with Gasteiger partial charge in [0.25, 0.3) is 11.8 Å². The topological polar surface area (TPSA) is 75.4 Å². The first-order chi connectivity index (χ1) is 11.5. The third-order valence-electron chi connectivity index (χ3n) is 4.77. The van der Waals surface area contributed by atoms with Crippen molar-refractivity contribution in [3.63, 3.8) is 0 Å². The average molecular weight is 345 g/mol. The molecule has 0 bridgehead atoms. The van der Waals surface area contributed by atoms with Gasteiger partial charge in [-0.2, -0.15) is 0 Å². The molecule has 1 aliphatic rings. The van der Waals surface area contributed by atoms with E-state index in [9.17, 15) is 9.59 Å². The van der Waals surface area contributed by atoms with Crippen molar-refractivity contribution in [2.75, 3.05) is 19.6 Å². The van der Waals surface area contributed by atoms with Crippen molar-refractivity contribution in [3.05, 3.63) is 35.4 Å². The second-order valence-corrected chi connectivity index (χ2v) is 8.93. The largest absolute Gasteiger partial charge is 0.352 e. The van der Waals surface area contributed by atoms with E-state index in [1.165, 1.54) is 0 Å². The van der Waals surface area contributed by atoms with Gasteiger partial charge >= 0.3 is 0 Å². The molecule has 0 spiro atoms. The molecule has 1 unspecified atom stereocenters. The van der Waals surface area contributed by atoms with Crippen LogP contribution in [0, 0.1) is 10.8 Å². The zero-order valence-corrected chi connectivity index (χ0v) is 16.1. The minimum atomic E-state index is -0.112. The van der Waals surface area contributed by atoms with Gasteiger partial charge in [0.05, 0.1) is 0 Å². The molecule has 5 heteroatoms. The van der Waals surface area contributed by atoms with E-state index >= 15 is 0 Å². The summed E-state index contributed by atoms with van der Waals surface area (Å²) in [6.45, 7) is 12.3. The Morgan fingerprint density at radius 3 is 2.28 bits per heavy atom. The molecule has 1 fully saturated rings. The summed E-state index contributed by atoms with van der Waals surface area (Å²) in [6, 6.07) is 7.01. The number of hydrogen-bond donors (Lipinski definition) is 2. The fourth-order valence-corrected chi connectivity index (χ4v) is 2.94. The van der Waals surface area contributed by atoms with Crippen LogP contribution in [0.15, 0.2) is 24.3 Å². The van der Waals surface area contributed by atoms with Crippen LogP contribution in [0.1, 0.15) is 61.8 Å². The Hall–Kier alpha value is -1.88. The molecule has 1 aliphatic heterocycles. The first kappa shape index (κ1) is 19.4. The Kier molecular flexibility index (Phi) is 5.57. The third kappa shape index (κ3) is 5.05. The number of benzene rings is 1. The number of piperidine rings is 1. The Morgan fingerprint density at radius 1 is 1.20 bits per heavy atom. The lowest BCUT2D eigenvalue weighted by Gasteiger charge is -2.42. The predicted molar refractivity (Wildman–Crippen MR) is 101 cm³/mol. The van der Waals surface area contributed by atoms with Crippen LogP contribution in [0.3, 0.4) is 0 Å². The van der Waals surface area contributed by atoms with Gasteiger partial charge in [0, 0.05) is 36.8 Å². The second kappa shape index (κ2) is 7.16. The molecule has 1 heterocycles. The van der Waals surface area contributed by atoms with Gasteiger partial charge in [-0.3, -0.25) is 9.59 Å². The number of hydrogen-bond acceptors (Lipinski definition) is 3. The maximum Gasteiger partial charge on any atom is 0.253 e. The summed E-state index contributed by atoms with van der Waals surface area (Å²) in [6.07, 6.45) is 0.812. The van der Waals surface area contributed by atoms with E-state index in [2.05, 4.69) is 39.9 Å². The molecule has 0 aromatic heterocycles. The van der Waals surface area contributed by atoms with Crippen LogP contribution in [-0.4, -0.2) is 42.4 Å². The number of nitrogens with two attached hydrogens (primary N) is 1. The van der Waals surface area contributed by atoms with Gasteiger partial charge in [-0.1, -0.05) is 34.6 Å². The normalized spacial score (nSPS) is 20.2. The monoisotopic (exact) mass is 345 g/mol. The van der Waals surface area contributed by atoms with Gasteiger partial charge in [-0.25, -0.2) is 0 Å². The highest BCUT2D eigenvalue weighted by molar-refractivity contribution is 5.97. The van der Waals surface area contributed by atoms with Crippen LogP contribution >= 0.6 is 0 Å². The maximum absolute atomic E-state index is 12.7. The van der Waals surface area contributed by atoms with Gasteiger partial charge in [0.15, 0.2) is 0 Å². The van der Waals surface area contributed by atoms with Crippen molar-refractivity contribution in [2.45, 2.75) is 47.1 Å². The van der Waals surface area contributed by atoms with Gasteiger partial charge in [-0.05, 0) is 41.5 Å². The molecule has 0 radical (unpaired) electrons. The molecule has 1 aromatic carbocycles. The lowest BCUT2D eigenvalue weighted by atomic mass is 9.79. The quantitative estimate of drug-likeness (QED) is 0.884. The molecule has 25 heavy (non-hydrogen) atoms. The van der Waals surface area contributed by atoms with Crippen molar-refractivity contribution in [1.29, 1.82) is 0 Å². The van der Waals surface area contributed by atoms with Gasteiger partial charge in [-0.15, -0.1) is 0 Å². The van der Waals surface area contributed by atoms with Crippen LogP contribution in [0.4, 0.5) is 0 Å². The highest BCUT2D eigenvalue weighted by atomic mass is 16.2. The van der Waals surface area contributed by atoms with Crippen molar-refractivity contribution in [2.24, 2.45) is 16.6 Å². The van der Waals surface area contributed by atoms with Gasteiger partial charge in [0.2, 0.25) is 0 Å². The highest BCUT2D eigenvalue weighted by Gasteiger charge is 2.35. The molecule has 1 atom stereocenters. The predicted octanol–water partition coefficient (Wildman–Crippen LogP) is 2.66. The zero-order chi connectivity index (χ0) is 18.8. The van der Waals surface area contributed by atoms with E-state index in [1.807, 2.05) is 4.90 Å². The minimum Gasteiger partial charge on any atom is -0.352 e. The lowest BCUT2D eigenvalue weighted by molar-refractivity contribution is 0.0533. The van der Waals surface area contributed by atoms with Crippen molar-refractivity contribution in [3.8, 4) is 0 Å². The minimum absolute atomic E-state index is 0.00150. The number of carbonyl (C=O) groups is 2. The molecule has 1 aromatic rings. The molecular formula is C20H31N3O2. The van der Waals surface area contributed by atoms with E-state index in [0.717, 1.165) is 6.42 Å². The van der Waals surface area contributed by atoms with E-state index in [1.54, 1.807) is 24.3 Å². The van der Waals surface area contributed by atoms with E-state index in [4.69, 9.17) is 5.73 Å². The van der Waals surface area contributed by atoms with Crippen LogP contribution < -0.4 is 11.1 Å². The first-order valence-electron chi connectivity index (χ1n) is 8.93. The number of rotatable bonds is 3. The molecule has 2 amide bonds. The number of amides is 2. The molecule has 1 saturated heterocycles. The van der Waals surface area contributed by atoms with Crippen LogP contribution in [0.5, 0.6) is 0 Å². The van der Waals surface area contributed by atoms with Crippen LogP contribution in [0.25, 0.3) is 0 Å². The summed E-state index contributed by atoms with van der Waals surface area (Å²) in [4.78, 5) is 26.8. The number of carbonyl (C=O) groups excluding carboxylic acids is 2. The van der Waals surface area contributed by atoms with Crippen LogP contribution in [0.2, 0.25) is 0 Å². The third-order valence-corrected chi connectivity index (χ3v) is 4.77. The van der Waals surface area contributed by atoms with Crippen molar-refractivity contribution in [1.82, 2.24) is 10.2 Å². The smallest absolute Gasteiger partial charge is 0.253 e. The van der Waals surface area contributed by atoms with Gasteiger partial charge in [0.1, 0.15) is 0 Å². The summed E-state index contributed by atoms with van der Waals surface area (Å²) in [5.41, 5.74) is 7.28. The van der Waals surface area contributed by atoms with Gasteiger partial charge < -0.3 is 16.0 Å². The van der Waals surface area contributed by atoms with Crippen molar-refractivity contribution >= 4 is 11.8 Å². The van der Waals surface area contributed by atoms with E-state index in [-0.39, 0.29) is 28.7 Å². The summed E-state index contributed by atoms with van der Waals surface area (Å²) in [5.74, 6) is -0.111. The molecule has 0 aliphatic carbocycles. The first-order valence-corrected chi connectivity index (χ1v) is 8.93.